The SMILES string of the molecule is CC(CCC(C)(C)CC1CCN(C(C)C)C1)C1CNC1. The molecule has 2 atom stereocenters. The van der Waals surface area contributed by atoms with E-state index in [1.165, 1.54) is 51.9 Å². The quantitative estimate of drug-likeness (QED) is 0.763. The van der Waals surface area contributed by atoms with Crippen molar-refractivity contribution in [2.24, 2.45) is 23.2 Å². The molecule has 2 aliphatic heterocycles. The van der Waals surface area contributed by atoms with Gasteiger partial charge in [0.05, 0.1) is 0 Å². The number of nitrogens with one attached hydrogen (secondary N) is 1. The summed E-state index contributed by atoms with van der Waals surface area (Å²) < 4.78 is 0. The molecule has 0 aromatic carbocycles. The lowest BCUT2D eigenvalue weighted by Crippen LogP contribution is -2.45. The smallest absolute Gasteiger partial charge is 0.00387 e. The minimum absolute atomic E-state index is 0.531. The molecule has 0 bridgehead atoms. The van der Waals surface area contributed by atoms with Gasteiger partial charge in [-0.1, -0.05) is 20.8 Å². The van der Waals surface area contributed by atoms with Crippen molar-refractivity contribution in [3.63, 3.8) is 0 Å². The zero-order valence-electron chi connectivity index (χ0n) is 14.4. The molecule has 0 amide bonds. The van der Waals surface area contributed by atoms with Crippen LogP contribution < -0.4 is 5.32 Å². The van der Waals surface area contributed by atoms with E-state index in [4.69, 9.17) is 0 Å². The fourth-order valence-corrected chi connectivity index (χ4v) is 3.95. The van der Waals surface area contributed by atoms with E-state index >= 15 is 0 Å². The summed E-state index contributed by atoms with van der Waals surface area (Å²) in [6, 6.07) is 0.731. The van der Waals surface area contributed by atoms with Gasteiger partial charge in [0.1, 0.15) is 0 Å². The second-order valence-electron chi connectivity index (χ2n) is 8.55. The van der Waals surface area contributed by atoms with Crippen molar-refractivity contribution in [2.45, 2.75) is 66.3 Å². The molecule has 0 aliphatic carbocycles. The predicted octanol–water partition coefficient (Wildman–Crippen LogP) is 3.77. The van der Waals surface area contributed by atoms with Gasteiger partial charge in [0.25, 0.3) is 0 Å². The summed E-state index contributed by atoms with van der Waals surface area (Å²) in [4.78, 5) is 2.66. The molecule has 0 radical (unpaired) electrons. The summed E-state index contributed by atoms with van der Waals surface area (Å²) >= 11 is 0. The topological polar surface area (TPSA) is 15.3 Å². The molecule has 2 heterocycles. The van der Waals surface area contributed by atoms with Gasteiger partial charge in [-0.3, -0.25) is 0 Å². The third-order valence-electron chi connectivity index (χ3n) is 5.78. The summed E-state index contributed by atoms with van der Waals surface area (Å²) in [6.07, 6.45) is 5.67. The summed E-state index contributed by atoms with van der Waals surface area (Å²) in [7, 11) is 0. The number of nitrogens with zero attached hydrogens (tertiary/aromatic N) is 1. The van der Waals surface area contributed by atoms with Crippen LogP contribution in [0.15, 0.2) is 0 Å². The van der Waals surface area contributed by atoms with Crippen molar-refractivity contribution in [2.75, 3.05) is 26.2 Å². The van der Waals surface area contributed by atoms with Gasteiger partial charge in [0.2, 0.25) is 0 Å². The first-order chi connectivity index (χ1) is 9.37. The molecule has 2 rings (SSSR count). The van der Waals surface area contributed by atoms with Gasteiger partial charge in [-0.15, -0.1) is 0 Å². The van der Waals surface area contributed by atoms with Crippen LogP contribution in [0.4, 0.5) is 0 Å². The van der Waals surface area contributed by atoms with E-state index in [1.54, 1.807) is 0 Å². The minimum atomic E-state index is 0.531. The Morgan fingerprint density at radius 3 is 2.40 bits per heavy atom. The normalized spacial score (nSPS) is 27.0. The van der Waals surface area contributed by atoms with Crippen LogP contribution in [0.3, 0.4) is 0 Å². The molecule has 0 aromatic rings. The van der Waals surface area contributed by atoms with E-state index < -0.39 is 0 Å². The highest BCUT2D eigenvalue weighted by molar-refractivity contribution is 4.84. The van der Waals surface area contributed by atoms with E-state index in [9.17, 15) is 0 Å². The van der Waals surface area contributed by atoms with Gasteiger partial charge in [-0.2, -0.15) is 0 Å². The molecule has 20 heavy (non-hydrogen) atoms. The Bertz CT molecular complexity index is 294. The lowest BCUT2D eigenvalue weighted by Gasteiger charge is -2.35. The minimum Gasteiger partial charge on any atom is -0.316 e. The number of rotatable bonds is 7. The molecule has 2 nitrogen and oxygen atoms in total. The Labute approximate surface area is 126 Å². The second kappa shape index (κ2) is 6.79. The van der Waals surface area contributed by atoms with E-state index in [2.05, 4.69) is 44.8 Å². The molecular weight excluding hydrogens is 244 g/mol. The zero-order chi connectivity index (χ0) is 14.8. The lowest BCUT2D eigenvalue weighted by molar-refractivity contribution is 0.181. The third kappa shape index (κ3) is 4.46. The maximum Gasteiger partial charge on any atom is 0.00387 e. The van der Waals surface area contributed by atoms with Gasteiger partial charge in [-0.05, 0) is 82.3 Å². The molecule has 0 spiro atoms. The van der Waals surface area contributed by atoms with E-state index in [0.29, 0.717) is 5.41 Å². The lowest BCUT2D eigenvalue weighted by atomic mass is 9.75. The Morgan fingerprint density at radius 1 is 1.20 bits per heavy atom. The molecule has 2 heteroatoms. The predicted molar refractivity (Wildman–Crippen MR) is 88.0 cm³/mol. The molecule has 2 unspecified atom stereocenters. The Morgan fingerprint density at radius 2 is 1.90 bits per heavy atom. The van der Waals surface area contributed by atoms with Crippen molar-refractivity contribution in [1.29, 1.82) is 0 Å². The summed E-state index contributed by atoms with van der Waals surface area (Å²) in [5.74, 6) is 2.80. The van der Waals surface area contributed by atoms with Crippen LogP contribution in [0, 0.1) is 23.2 Å². The summed E-state index contributed by atoms with van der Waals surface area (Å²) in [5.41, 5.74) is 0.531. The van der Waals surface area contributed by atoms with E-state index in [1.807, 2.05) is 0 Å². The number of likely N-dealkylation sites (tertiary alicyclic amines) is 1. The average molecular weight is 280 g/mol. The van der Waals surface area contributed by atoms with Crippen LogP contribution in [-0.2, 0) is 0 Å². The molecule has 2 fully saturated rings. The molecular formula is C18H36N2. The van der Waals surface area contributed by atoms with Crippen LogP contribution in [-0.4, -0.2) is 37.1 Å². The third-order valence-corrected chi connectivity index (χ3v) is 5.78. The summed E-state index contributed by atoms with van der Waals surface area (Å²) in [6.45, 7) is 17.3. The molecule has 0 saturated carbocycles. The van der Waals surface area contributed by atoms with E-state index in [-0.39, 0.29) is 0 Å². The first-order valence-corrected chi connectivity index (χ1v) is 8.82. The van der Waals surface area contributed by atoms with Gasteiger partial charge >= 0.3 is 0 Å². The van der Waals surface area contributed by atoms with Crippen molar-refractivity contribution in [1.82, 2.24) is 10.2 Å². The van der Waals surface area contributed by atoms with Crippen molar-refractivity contribution < 1.29 is 0 Å². The van der Waals surface area contributed by atoms with Gasteiger partial charge in [0.15, 0.2) is 0 Å². The van der Waals surface area contributed by atoms with Crippen LogP contribution in [0.5, 0.6) is 0 Å². The van der Waals surface area contributed by atoms with Gasteiger partial charge in [0, 0.05) is 12.6 Å². The van der Waals surface area contributed by atoms with Crippen LogP contribution in [0.1, 0.15) is 60.3 Å². The number of hydrogen-bond donors (Lipinski definition) is 1. The first kappa shape index (κ1) is 16.3. The Kier molecular flexibility index (Phi) is 5.53. The first-order valence-electron chi connectivity index (χ1n) is 8.82. The molecule has 1 N–H and O–H groups in total. The van der Waals surface area contributed by atoms with Crippen LogP contribution >= 0.6 is 0 Å². The fraction of sp³-hybridized carbons (Fsp3) is 1.00. The van der Waals surface area contributed by atoms with Crippen molar-refractivity contribution >= 4 is 0 Å². The average Bonchev–Trinajstić information content (AvgIpc) is 2.72. The highest BCUT2D eigenvalue weighted by Crippen LogP contribution is 2.37. The van der Waals surface area contributed by atoms with Crippen molar-refractivity contribution in [3.05, 3.63) is 0 Å². The standard InChI is InChI=1S/C18H36N2/c1-14(2)20-9-7-16(13-20)10-18(4,5)8-6-15(3)17-11-19-12-17/h14-17,19H,6-13H2,1-5H3. The highest BCUT2D eigenvalue weighted by atomic mass is 15.2. The molecule has 2 aliphatic rings. The maximum atomic E-state index is 3.41. The Hall–Kier alpha value is -0.0800. The Balaban J connectivity index is 1.70. The monoisotopic (exact) mass is 280 g/mol. The fourth-order valence-electron chi connectivity index (χ4n) is 3.95. The van der Waals surface area contributed by atoms with Crippen LogP contribution in [0.25, 0.3) is 0 Å². The molecule has 118 valence electrons. The summed E-state index contributed by atoms with van der Waals surface area (Å²) in [5, 5.41) is 3.41. The highest BCUT2D eigenvalue weighted by Gasteiger charge is 2.31. The van der Waals surface area contributed by atoms with Gasteiger partial charge < -0.3 is 10.2 Å². The van der Waals surface area contributed by atoms with E-state index in [0.717, 1.165) is 23.8 Å². The zero-order valence-corrected chi connectivity index (χ0v) is 14.4. The largest absolute Gasteiger partial charge is 0.316 e. The maximum absolute atomic E-state index is 3.41. The molecule has 2 saturated heterocycles. The van der Waals surface area contributed by atoms with Crippen LogP contribution in [0.2, 0.25) is 0 Å². The number of hydrogen-bond acceptors (Lipinski definition) is 2. The van der Waals surface area contributed by atoms with Gasteiger partial charge in [-0.25, -0.2) is 0 Å². The molecule has 0 aromatic heterocycles. The second-order valence-corrected chi connectivity index (χ2v) is 8.55. The van der Waals surface area contributed by atoms with Crippen molar-refractivity contribution in [3.8, 4) is 0 Å².